The van der Waals surface area contributed by atoms with Crippen LogP contribution in [0.5, 0.6) is 0 Å². The lowest BCUT2D eigenvalue weighted by atomic mass is 9.98. The zero-order chi connectivity index (χ0) is 18.0. The van der Waals surface area contributed by atoms with Crippen molar-refractivity contribution in [2.75, 3.05) is 24.7 Å². The smallest absolute Gasteiger partial charge is 0.142 e. The zero-order valence-electron chi connectivity index (χ0n) is 14.0. The Morgan fingerprint density at radius 3 is 2.16 bits per heavy atom. The maximum Gasteiger partial charge on any atom is 0.142 e. The van der Waals surface area contributed by atoms with E-state index in [1.807, 2.05) is 73.6 Å². The average Bonchev–Trinajstić information content (AvgIpc) is 2.61. The number of nitrogens with zero attached hydrogens (tertiary/aromatic N) is 3. The molecule has 0 saturated carbocycles. The van der Waals surface area contributed by atoms with Gasteiger partial charge in [-0.2, -0.15) is 5.26 Å². The lowest BCUT2D eigenvalue weighted by molar-refractivity contribution is 1.13. The van der Waals surface area contributed by atoms with E-state index in [1.165, 1.54) is 0 Å². The van der Waals surface area contributed by atoms with Crippen molar-refractivity contribution in [1.82, 2.24) is 4.98 Å². The van der Waals surface area contributed by atoms with Gasteiger partial charge in [0.05, 0.1) is 5.69 Å². The predicted molar refractivity (Wildman–Crippen MR) is 106 cm³/mol. The molecule has 0 spiro atoms. The van der Waals surface area contributed by atoms with Crippen molar-refractivity contribution in [2.45, 2.75) is 0 Å². The Bertz CT molecular complexity index is 939. The Morgan fingerprint density at radius 1 is 1.00 bits per heavy atom. The fourth-order valence-corrected chi connectivity index (χ4v) is 2.88. The molecule has 0 aliphatic rings. The van der Waals surface area contributed by atoms with Crippen LogP contribution in [0.1, 0.15) is 5.56 Å². The van der Waals surface area contributed by atoms with Gasteiger partial charge in [0.2, 0.25) is 0 Å². The molecule has 3 aromatic rings. The van der Waals surface area contributed by atoms with E-state index < -0.39 is 0 Å². The number of benzene rings is 2. The number of anilines is 2. The summed E-state index contributed by atoms with van der Waals surface area (Å²) in [4.78, 5) is 6.44. The van der Waals surface area contributed by atoms with Crippen LogP contribution in [0.3, 0.4) is 0 Å². The number of hydrogen-bond acceptors (Lipinski definition) is 4. The summed E-state index contributed by atoms with van der Waals surface area (Å²) in [6.07, 6.45) is 0. The third kappa shape index (κ3) is 3.49. The SMILES string of the molecule is CN(C)c1ccc(-c2cc(-c3ccc(Br)cc3)nc(N)c2C#N)cc1. The van der Waals surface area contributed by atoms with Crippen LogP contribution in [-0.4, -0.2) is 19.1 Å². The Kier molecular flexibility index (Phi) is 4.73. The van der Waals surface area contributed by atoms with E-state index in [1.54, 1.807) is 0 Å². The second-order valence-corrected chi connectivity index (χ2v) is 6.79. The molecule has 0 amide bonds. The normalized spacial score (nSPS) is 10.3. The Morgan fingerprint density at radius 2 is 1.60 bits per heavy atom. The molecule has 2 aromatic carbocycles. The van der Waals surface area contributed by atoms with Gasteiger partial charge in [0, 0.05) is 35.4 Å². The van der Waals surface area contributed by atoms with Crippen LogP contribution >= 0.6 is 15.9 Å². The third-order valence-corrected chi connectivity index (χ3v) is 4.52. The number of halogens is 1. The second kappa shape index (κ2) is 6.96. The van der Waals surface area contributed by atoms with Crippen molar-refractivity contribution in [3.63, 3.8) is 0 Å². The first-order valence-corrected chi connectivity index (χ1v) is 8.53. The van der Waals surface area contributed by atoms with Crippen molar-refractivity contribution in [3.8, 4) is 28.5 Å². The van der Waals surface area contributed by atoms with E-state index in [9.17, 15) is 5.26 Å². The topological polar surface area (TPSA) is 65.9 Å². The van der Waals surface area contributed by atoms with Crippen LogP contribution < -0.4 is 10.6 Å². The monoisotopic (exact) mass is 392 g/mol. The van der Waals surface area contributed by atoms with Gasteiger partial charge >= 0.3 is 0 Å². The molecule has 0 radical (unpaired) electrons. The summed E-state index contributed by atoms with van der Waals surface area (Å²) in [5.41, 5.74) is 11.0. The van der Waals surface area contributed by atoms with E-state index >= 15 is 0 Å². The van der Waals surface area contributed by atoms with Crippen LogP contribution in [-0.2, 0) is 0 Å². The molecule has 0 fully saturated rings. The second-order valence-electron chi connectivity index (χ2n) is 5.88. The highest BCUT2D eigenvalue weighted by molar-refractivity contribution is 9.10. The van der Waals surface area contributed by atoms with Crippen LogP contribution in [0.15, 0.2) is 59.1 Å². The minimum atomic E-state index is 0.245. The molecule has 1 aromatic heterocycles. The van der Waals surface area contributed by atoms with Crippen molar-refractivity contribution < 1.29 is 0 Å². The predicted octanol–water partition coefficient (Wildman–Crippen LogP) is 4.70. The van der Waals surface area contributed by atoms with Gasteiger partial charge in [-0.05, 0) is 35.9 Å². The van der Waals surface area contributed by atoms with Gasteiger partial charge in [-0.3, -0.25) is 0 Å². The molecule has 4 nitrogen and oxygen atoms in total. The molecule has 0 saturated heterocycles. The zero-order valence-corrected chi connectivity index (χ0v) is 15.6. The quantitative estimate of drug-likeness (QED) is 0.701. The number of rotatable bonds is 3. The molecule has 0 unspecified atom stereocenters. The number of nitrogen functional groups attached to an aromatic ring is 1. The Balaban J connectivity index is 2.14. The minimum absolute atomic E-state index is 0.245. The van der Waals surface area contributed by atoms with E-state index in [0.29, 0.717) is 5.56 Å². The summed E-state index contributed by atoms with van der Waals surface area (Å²) in [6.45, 7) is 0. The highest BCUT2D eigenvalue weighted by Gasteiger charge is 2.13. The summed E-state index contributed by atoms with van der Waals surface area (Å²) in [7, 11) is 3.98. The molecule has 0 atom stereocenters. The molecular weight excluding hydrogens is 376 g/mol. The number of aromatic nitrogens is 1. The van der Waals surface area contributed by atoms with Crippen molar-refractivity contribution >= 4 is 27.4 Å². The van der Waals surface area contributed by atoms with Crippen LogP contribution in [0.25, 0.3) is 22.4 Å². The van der Waals surface area contributed by atoms with E-state index in [2.05, 4.69) is 27.0 Å². The first-order valence-electron chi connectivity index (χ1n) is 7.74. The van der Waals surface area contributed by atoms with Gasteiger partial charge in [0.25, 0.3) is 0 Å². The summed E-state index contributed by atoms with van der Waals surface area (Å²) in [6, 6.07) is 20.0. The number of pyridine rings is 1. The summed E-state index contributed by atoms with van der Waals surface area (Å²) in [5.74, 6) is 0.245. The number of nitriles is 1. The van der Waals surface area contributed by atoms with Gasteiger partial charge in [-0.25, -0.2) is 4.98 Å². The number of nitrogens with two attached hydrogens (primary N) is 1. The molecule has 0 aliphatic carbocycles. The van der Waals surface area contributed by atoms with Gasteiger partial charge < -0.3 is 10.6 Å². The molecular formula is C20H17BrN4. The molecule has 0 aliphatic heterocycles. The van der Waals surface area contributed by atoms with Crippen molar-refractivity contribution in [1.29, 1.82) is 5.26 Å². The molecule has 3 rings (SSSR count). The summed E-state index contributed by atoms with van der Waals surface area (Å²) < 4.78 is 0.998. The van der Waals surface area contributed by atoms with E-state index in [0.717, 1.165) is 32.5 Å². The maximum absolute atomic E-state index is 9.52. The van der Waals surface area contributed by atoms with Crippen LogP contribution in [0.4, 0.5) is 11.5 Å². The first-order chi connectivity index (χ1) is 12.0. The third-order valence-electron chi connectivity index (χ3n) is 3.99. The first kappa shape index (κ1) is 17.0. The van der Waals surface area contributed by atoms with Crippen molar-refractivity contribution in [2.24, 2.45) is 0 Å². The number of hydrogen-bond donors (Lipinski definition) is 1. The lowest BCUT2D eigenvalue weighted by Crippen LogP contribution is -2.08. The Hall–Kier alpha value is -2.84. The molecule has 2 N–H and O–H groups in total. The van der Waals surface area contributed by atoms with E-state index in [4.69, 9.17) is 5.73 Å². The minimum Gasteiger partial charge on any atom is -0.383 e. The lowest BCUT2D eigenvalue weighted by Gasteiger charge is -2.14. The molecule has 1 heterocycles. The summed E-state index contributed by atoms with van der Waals surface area (Å²) in [5, 5.41) is 9.52. The highest BCUT2D eigenvalue weighted by atomic mass is 79.9. The van der Waals surface area contributed by atoms with Gasteiger partial charge in [0.15, 0.2) is 0 Å². The van der Waals surface area contributed by atoms with E-state index in [-0.39, 0.29) is 5.82 Å². The molecule has 0 bridgehead atoms. The van der Waals surface area contributed by atoms with Crippen LogP contribution in [0.2, 0.25) is 0 Å². The molecule has 124 valence electrons. The standard InChI is InChI=1S/C20H17BrN4/c1-25(2)16-9-5-13(6-10-16)17-11-19(24-20(23)18(17)12-22)14-3-7-15(21)8-4-14/h3-11H,1-2H3,(H2,23,24). The fourth-order valence-electron chi connectivity index (χ4n) is 2.62. The fraction of sp³-hybridized carbons (Fsp3) is 0.100. The molecule has 5 heteroatoms. The maximum atomic E-state index is 9.52. The largest absolute Gasteiger partial charge is 0.383 e. The van der Waals surface area contributed by atoms with Gasteiger partial charge in [0.1, 0.15) is 17.5 Å². The van der Waals surface area contributed by atoms with Gasteiger partial charge in [-0.1, -0.05) is 40.2 Å². The molecule has 25 heavy (non-hydrogen) atoms. The van der Waals surface area contributed by atoms with Gasteiger partial charge in [-0.15, -0.1) is 0 Å². The summed E-state index contributed by atoms with van der Waals surface area (Å²) >= 11 is 3.43. The highest BCUT2D eigenvalue weighted by Crippen LogP contribution is 2.32. The van der Waals surface area contributed by atoms with Crippen LogP contribution in [0, 0.1) is 11.3 Å². The average molecular weight is 393 g/mol. The van der Waals surface area contributed by atoms with Crippen molar-refractivity contribution in [3.05, 3.63) is 64.6 Å². The Labute approximate surface area is 155 Å².